The van der Waals surface area contributed by atoms with E-state index in [1.807, 2.05) is 0 Å². The van der Waals surface area contributed by atoms with Gasteiger partial charge in [0.1, 0.15) is 0 Å². The molecule has 4 nitrogen and oxygen atoms in total. The molecule has 0 spiro atoms. The van der Waals surface area contributed by atoms with E-state index < -0.39 is 0 Å². The second-order valence-corrected chi connectivity index (χ2v) is 6.27. The van der Waals surface area contributed by atoms with Gasteiger partial charge in [-0.05, 0) is 31.6 Å². The van der Waals surface area contributed by atoms with Crippen molar-refractivity contribution in [1.82, 2.24) is 4.90 Å². The minimum absolute atomic E-state index is 0.548. The van der Waals surface area contributed by atoms with Gasteiger partial charge in [-0.25, -0.2) is 0 Å². The van der Waals surface area contributed by atoms with E-state index in [0.717, 1.165) is 31.6 Å². The van der Waals surface area contributed by atoms with Gasteiger partial charge in [0.25, 0.3) is 0 Å². The van der Waals surface area contributed by atoms with Gasteiger partial charge in [-0.3, -0.25) is 4.99 Å². The molecule has 0 aromatic carbocycles. The van der Waals surface area contributed by atoms with E-state index in [2.05, 4.69) is 9.89 Å². The highest BCUT2D eigenvalue weighted by Gasteiger charge is 2.37. The predicted molar refractivity (Wildman–Crippen MR) is 77.1 cm³/mol. The van der Waals surface area contributed by atoms with Crippen LogP contribution in [0.15, 0.2) is 4.99 Å². The fourth-order valence-corrected chi connectivity index (χ4v) is 4.00. The summed E-state index contributed by atoms with van der Waals surface area (Å²) in [6, 6.07) is 1.19. The van der Waals surface area contributed by atoms with Crippen LogP contribution in [-0.2, 0) is 4.74 Å². The third-order valence-corrected chi connectivity index (χ3v) is 5.09. The lowest BCUT2D eigenvalue weighted by atomic mass is 9.89. The largest absolute Gasteiger partial charge is 0.381 e. The highest BCUT2D eigenvalue weighted by molar-refractivity contribution is 5.80. The zero-order chi connectivity index (χ0) is 13.1. The van der Waals surface area contributed by atoms with Crippen molar-refractivity contribution >= 4 is 5.96 Å². The lowest BCUT2D eigenvalue weighted by molar-refractivity contribution is 0.0374. The molecule has 0 radical (unpaired) electrons. The second kappa shape index (κ2) is 6.12. The normalized spacial score (nSPS) is 31.3. The maximum absolute atomic E-state index is 6.20. The summed E-state index contributed by atoms with van der Waals surface area (Å²) in [6.45, 7) is 2.74. The molecule has 2 N–H and O–H groups in total. The second-order valence-electron chi connectivity index (χ2n) is 6.27. The molecule has 19 heavy (non-hydrogen) atoms. The molecule has 1 aliphatic carbocycles. The number of nitrogens with zero attached hydrogens (tertiary/aromatic N) is 2. The van der Waals surface area contributed by atoms with Crippen LogP contribution in [-0.4, -0.2) is 42.7 Å². The van der Waals surface area contributed by atoms with Crippen LogP contribution < -0.4 is 5.73 Å². The van der Waals surface area contributed by atoms with Crippen LogP contribution in [0.3, 0.4) is 0 Å². The number of guanidine groups is 1. The summed E-state index contributed by atoms with van der Waals surface area (Å²) in [4.78, 5) is 7.05. The maximum atomic E-state index is 6.20. The van der Waals surface area contributed by atoms with Crippen molar-refractivity contribution in [3.63, 3.8) is 0 Å². The van der Waals surface area contributed by atoms with E-state index in [1.165, 1.54) is 51.4 Å². The number of ether oxygens (including phenoxy) is 1. The van der Waals surface area contributed by atoms with Gasteiger partial charge in [0.15, 0.2) is 5.96 Å². The lowest BCUT2D eigenvalue weighted by Gasteiger charge is -2.39. The van der Waals surface area contributed by atoms with Gasteiger partial charge in [0.2, 0.25) is 0 Å². The quantitative estimate of drug-likeness (QED) is 0.778. The summed E-state index contributed by atoms with van der Waals surface area (Å²) in [5.41, 5.74) is 6.20. The van der Waals surface area contributed by atoms with E-state index in [0.29, 0.717) is 12.1 Å². The van der Waals surface area contributed by atoms with Crippen molar-refractivity contribution in [3.05, 3.63) is 0 Å². The molecule has 0 bridgehead atoms. The zero-order valence-corrected chi connectivity index (χ0v) is 11.9. The van der Waals surface area contributed by atoms with Crippen LogP contribution in [0.5, 0.6) is 0 Å². The molecule has 2 heterocycles. The Labute approximate surface area is 116 Å². The van der Waals surface area contributed by atoms with Gasteiger partial charge in [-0.15, -0.1) is 0 Å². The average molecular weight is 265 g/mol. The Morgan fingerprint density at radius 2 is 1.68 bits per heavy atom. The Balaban J connectivity index is 1.69. The van der Waals surface area contributed by atoms with Crippen LogP contribution in [0, 0.1) is 5.92 Å². The molecule has 0 amide bonds. The highest BCUT2D eigenvalue weighted by atomic mass is 16.5. The van der Waals surface area contributed by atoms with Gasteiger partial charge in [0.05, 0.1) is 12.6 Å². The molecule has 2 fully saturated rings. The van der Waals surface area contributed by atoms with Crippen LogP contribution in [0.2, 0.25) is 0 Å². The standard InChI is InChI=1S/C15H27N3O/c16-15-17-11-14(12-7-9-19-10-8-12)18(15)13-5-3-1-2-4-6-13/h12-14H,1-11H2,(H2,16,17). The summed E-state index contributed by atoms with van der Waals surface area (Å²) < 4.78 is 5.50. The number of nitrogens with two attached hydrogens (primary N) is 1. The minimum atomic E-state index is 0.548. The van der Waals surface area contributed by atoms with Crippen molar-refractivity contribution in [1.29, 1.82) is 0 Å². The van der Waals surface area contributed by atoms with Crippen molar-refractivity contribution in [2.45, 2.75) is 63.5 Å². The van der Waals surface area contributed by atoms with Crippen molar-refractivity contribution in [3.8, 4) is 0 Å². The first-order chi connectivity index (χ1) is 9.36. The molecule has 4 heteroatoms. The smallest absolute Gasteiger partial charge is 0.191 e. The van der Waals surface area contributed by atoms with Gasteiger partial charge in [-0.1, -0.05) is 25.7 Å². The van der Waals surface area contributed by atoms with Gasteiger partial charge in [0, 0.05) is 19.3 Å². The number of hydrogen-bond acceptors (Lipinski definition) is 4. The third kappa shape index (κ3) is 2.88. The molecular formula is C15H27N3O. The first-order valence-corrected chi connectivity index (χ1v) is 8.02. The van der Waals surface area contributed by atoms with Gasteiger partial charge in [-0.2, -0.15) is 0 Å². The summed E-state index contributed by atoms with van der Waals surface area (Å²) >= 11 is 0. The Morgan fingerprint density at radius 1 is 1.00 bits per heavy atom. The molecule has 1 atom stereocenters. The average Bonchev–Trinajstić information content (AvgIpc) is 2.66. The van der Waals surface area contributed by atoms with Crippen molar-refractivity contribution < 1.29 is 4.74 Å². The number of rotatable bonds is 2. The van der Waals surface area contributed by atoms with Crippen molar-refractivity contribution in [2.75, 3.05) is 19.8 Å². The minimum Gasteiger partial charge on any atom is -0.381 e. The summed E-state index contributed by atoms with van der Waals surface area (Å²) in [6.07, 6.45) is 10.5. The molecule has 1 unspecified atom stereocenters. The Morgan fingerprint density at radius 3 is 2.37 bits per heavy atom. The first-order valence-electron chi connectivity index (χ1n) is 8.02. The molecule has 0 aromatic rings. The van der Waals surface area contributed by atoms with Crippen LogP contribution in [0.25, 0.3) is 0 Å². The summed E-state index contributed by atoms with van der Waals surface area (Å²) in [7, 11) is 0. The van der Waals surface area contributed by atoms with E-state index in [1.54, 1.807) is 0 Å². The van der Waals surface area contributed by atoms with Crippen molar-refractivity contribution in [2.24, 2.45) is 16.6 Å². The van der Waals surface area contributed by atoms with Crippen LogP contribution in [0.1, 0.15) is 51.4 Å². The molecule has 1 saturated carbocycles. The first kappa shape index (κ1) is 13.2. The molecule has 1 saturated heterocycles. The number of aliphatic imine (C=N–C) groups is 1. The van der Waals surface area contributed by atoms with E-state index in [-0.39, 0.29) is 0 Å². The summed E-state index contributed by atoms with van der Waals surface area (Å²) in [5, 5.41) is 0. The van der Waals surface area contributed by atoms with Crippen LogP contribution >= 0.6 is 0 Å². The van der Waals surface area contributed by atoms with E-state index in [9.17, 15) is 0 Å². The maximum Gasteiger partial charge on any atom is 0.191 e. The molecule has 108 valence electrons. The third-order valence-electron chi connectivity index (χ3n) is 5.09. The Hall–Kier alpha value is -0.770. The Kier molecular flexibility index (Phi) is 4.26. The summed E-state index contributed by atoms with van der Waals surface area (Å²) in [5.74, 6) is 1.53. The SMILES string of the molecule is NC1=NCC(C2CCOCC2)N1C1CCCCCC1. The van der Waals surface area contributed by atoms with Gasteiger partial charge >= 0.3 is 0 Å². The molecular weight excluding hydrogens is 238 g/mol. The van der Waals surface area contributed by atoms with E-state index >= 15 is 0 Å². The molecule has 0 aromatic heterocycles. The van der Waals surface area contributed by atoms with E-state index in [4.69, 9.17) is 10.5 Å². The molecule has 2 aliphatic heterocycles. The molecule has 3 rings (SSSR count). The Bertz CT molecular complexity index is 317. The predicted octanol–water partition coefficient (Wildman–Crippen LogP) is 2.13. The fraction of sp³-hybridized carbons (Fsp3) is 0.933. The van der Waals surface area contributed by atoms with Gasteiger partial charge < -0.3 is 15.4 Å². The van der Waals surface area contributed by atoms with Crippen LogP contribution in [0.4, 0.5) is 0 Å². The fourth-order valence-electron chi connectivity index (χ4n) is 4.00. The lowest BCUT2D eigenvalue weighted by Crippen LogP contribution is -2.51. The zero-order valence-electron chi connectivity index (χ0n) is 11.9. The number of hydrogen-bond donors (Lipinski definition) is 1. The highest BCUT2D eigenvalue weighted by Crippen LogP contribution is 2.31. The topological polar surface area (TPSA) is 50.9 Å². The molecule has 3 aliphatic rings. The monoisotopic (exact) mass is 265 g/mol.